The molecule has 2 bridgehead atoms. The Morgan fingerprint density at radius 1 is 1.06 bits per heavy atom. The number of carbonyl (C=O) groups is 2. The molecule has 0 aromatic heterocycles. The average Bonchev–Trinajstić information content (AvgIpc) is 3.03. The lowest BCUT2D eigenvalue weighted by Gasteiger charge is -2.38. The van der Waals surface area contributed by atoms with Gasteiger partial charge in [-0.15, -0.1) is 0 Å². The number of fused-ring (bicyclic) bond motifs is 2. The largest absolute Gasteiger partial charge is 0.497 e. The zero-order valence-electron chi connectivity index (χ0n) is 17.3. The fourth-order valence-electron chi connectivity index (χ4n) is 4.50. The van der Waals surface area contributed by atoms with Crippen molar-refractivity contribution in [3.63, 3.8) is 0 Å². The van der Waals surface area contributed by atoms with E-state index in [0.29, 0.717) is 24.3 Å². The lowest BCUT2D eigenvalue weighted by Crippen LogP contribution is -2.50. The number of piperidine rings is 1. The first-order chi connectivity index (χ1) is 14.9. The van der Waals surface area contributed by atoms with Gasteiger partial charge in [0.15, 0.2) is 6.61 Å². The van der Waals surface area contributed by atoms with Gasteiger partial charge in [0.1, 0.15) is 29.2 Å². The second kappa shape index (κ2) is 8.83. The average molecular weight is 428 g/mol. The van der Waals surface area contributed by atoms with Crippen LogP contribution in [0.1, 0.15) is 36.0 Å². The number of primary amides is 1. The van der Waals surface area contributed by atoms with Crippen LogP contribution in [0.5, 0.6) is 17.2 Å². The maximum atomic E-state index is 13.1. The van der Waals surface area contributed by atoms with Gasteiger partial charge in [0.2, 0.25) is 0 Å². The number of carbonyl (C=O) groups excluding carboxylic acids is 2. The molecule has 2 heterocycles. The highest BCUT2D eigenvalue weighted by Crippen LogP contribution is 2.37. The molecule has 2 N–H and O–H groups in total. The van der Waals surface area contributed by atoms with Gasteiger partial charge in [-0.3, -0.25) is 9.59 Å². The molecule has 4 rings (SSSR count). The van der Waals surface area contributed by atoms with Crippen molar-refractivity contribution in [2.24, 2.45) is 5.73 Å². The number of hydrogen-bond acceptors (Lipinski definition) is 5. The summed E-state index contributed by atoms with van der Waals surface area (Å²) in [7, 11) is 1.50. The molecule has 2 aliphatic heterocycles. The molecular weight excluding hydrogens is 403 g/mol. The van der Waals surface area contributed by atoms with Crippen molar-refractivity contribution in [2.45, 2.75) is 43.9 Å². The fourth-order valence-corrected chi connectivity index (χ4v) is 4.50. The number of benzene rings is 2. The predicted molar refractivity (Wildman–Crippen MR) is 111 cm³/mol. The van der Waals surface area contributed by atoms with Crippen molar-refractivity contribution in [2.75, 3.05) is 13.7 Å². The van der Waals surface area contributed by atoms with Gasteiger partial charge in [-0.1, -0.05) is 0 Å². The number of nitrogens with two attached hydrogens (primary N) is 1. The number of ether oxygens (including phenoxy) is 3. The van der Waals surface area contributed by atoms with Crippen LogP contribution in [0.15, 0.2) is 42.5 Å². The third-order valence-electron chi connectivity index (χ3n) is 5.90. The van der Waals surface area contributed by atoms with Gasteiger partial charge in [-0.25, -0.2) is 4.39 Å². The van der Waals surface area contributed by atoms with Gasteiger partial charge in [0.05, 0.1) is 12.7 Å². The first-order valence-corrected chi connectivity index (χ1v) is 10.3. The van der Waals surface area contributed by atoms with Gasteiger partial charge in [0, 0.05) is 31.0 Å². The number of hydrogen-bond donors (Lipinski definition) is 1. The number of rotatable bonds is 7. The Morgan fingerprint density at radius 3 is 2.32 bits per heavy atom. The van der Waals surface area contributed by atoms with Crippen LogP contribution in [-0.4, -0.2) is 48.6 Å². The summed E-state index contributed by atoms with van der Waals surface area (Å²) in [6.07, 6.45) is 3.22. The van der Waals surface area contributed by atoms with Crippen molar-refractivity contribution in [3.8, 4) is 17.2 Å². The van der Waals surface area contributed by atoms with E-state index in [2.05, 4.69) is 0 Å². The minimum atomic E-state index is -0.635. The van der Waals surface area contributed by atoms with Crippen LogP contribution in [-0.2, 0) is 4.79 Å². The lowest BCUT2D eigenvalue weighted by molar-refractivity contribution is -0.139. The first kappa shape index (κ1) is 21.0. The van der Waals surface area contributed by atoms with E-state index in [-0.39, 0.29) is 47.8 Å². The highest BCUT2D eigenvalue weighted by Gasteiger charge is 2.44. The van der Waals surface area contributed by atoms with E-state index >= 15 is 0 Å². The van der Waals surface area contributed by atoms with Crippen molar-refractivity contribution in [1.29, 1.82) is 0 Å². The van der Waals surface area contributed by atoms with Gasteiger partial charge in [0.25, 0.3) is 11.8 Å². The highest BCUT2D eigenvalue weighted by atomic mass is 19.1. The summed E-state index contributed by atoms with van der Waals surface area (Å²) < 4.78 is 30.0. The number of nitrogens with zero attached hydrogens (tertiary/aromatic N) is 1. The Hall–Kier alpha value is -3.29. The molecule has 0 spiro atoms. The van der Waals surface area contributed by atoms with E-state index in [1.165, 1.54) is 25.3 Å². The molecule has 7 nitrogen and oxygen atoms in total. The highest BCUT2D eigenvalue weighted by molar-refractivity contribution is 5.96. The zero-order chi connectivity index (χ0) is 22.0. The van der Waals surface area contributed by atoms with Crippen LogP contribution in [0.25, 0.3) is 0 Å². The summed E-state index contributed by atoms with van der Waals surface area (Å²) in [5, 5.41) is 0. The maximum Gasteiger partial charge on any atom is 0.261 e. The molecule has 3 atom stereocenters. The summed E-state index contributed by atoms with van der Waals surface area (Å²) in [5.41, 5.74) is 5.60. The van der Waals surface area contributed by atoms with E-state index in [9.17, 15) is 14.0 Å². The van der Waals surface area contributed by atoms with E-state index in [1.807, 2.05) is 4.90 Å². The second-order valence-electron chi connectivity index (χ2n) is 7.87. The Bertz CT molecular complexity index is 951. The molecule has 0 radical (unpaired) electrons. The third kappa shape index (κ3) is 4.57. The molecule has 0 aliphatic carbocycles. The number of methoxy groups -OCH3 is 1. The normalized spacial score (nSPS) is 22.1. The summed E-state index contributed by atoms with van der Waals surface area (Å²) >= 11 is 0. The quantitative estimate of drug-likeness (QED) is 0.732. The molecule has 0 saturated carbocycles. The number of amides is 2. The van der Waals surface area contributed by atoms with Crippen LogP contribution in [0, 0.1) is 5.82 Å². The lowest BCUT2D eigenvalue weighted by atomic mass is 9.99. The van der Waals surface area contributed by atoms with Crippen molar-refractivity contribution >= 4 is 11.8 Å². The SMILES string of the molecule is COc1ccc(C(N)=O)c(OCC(=O)N2[C@@H]3CC[C@H]2CC(Oc2ccc(F)cc2)C3)c1. The van der Waals surface area contributed by atoms with Crippen molar-refractivity contribution < 1.29 is 28.2 Å². The van der Waals surface area contributed by atoms with Gasteiger partial charge >= 0.3 is 0 Å². The summed E-state index contributed by atoms with van der Waals surface area (Å²) in [5.74, 6) is 0.289. The molecule has 1 unspecified atom stereocenters. The molecule has 8 heteroatoms. The Balaban J connectivity index is 1.38. The van der Waals surface area contributed by atoms with E-state index in [4.69, 9.17) is 19.9 Å². The van der Waals surface area contributed by atoms with Gasteiger partial charge in [-0.2, -0.15) is 0 Å². The number of halogens is 1. The summed E-state index contributed by atoms with van der Waals surface area (Å²) in [6, 6.07) is 10.8. The maximum absolute atomic E-state index is 13.1. The molecule has 31 heavy (non-hydrogen) atoms. The van der Waals surface area contributed by atoms with Crippen LogP contribution in [0.4, 0.5) is 4.39 Å². The Kier molecular flexibility index (Phi) is 5.97. The molecule has 2 amide bonds. The predicted octanol–water partition coefficient (Wildman–Crippen LogP) is 2.91. The summed E-state index contributed by atoms with van der Waals surface area (Å²) in [4.78, 5) is 26.5. The minimum absolute atomic E-state index is 0.0206. The standard InChI is InChI=1S/C23H25FN2O5/c1-29-18-8-9-20(23(25)28)21(12-18)30-13-22(27)26-15-4-5-16(26)11-19(10-15)31-17-6-2-14(24)3-7-17/h2-3,6-9,12,15-16,19H,4-5,10-11,13H2,1H3,(H2,25,28)/t15-,16+,19?. The zero-order valence-corrected chi connectivity index (χ0v) is 17.3. The molecule has 2 aliphatic rings. The minimum Gasteiger partial charge on any atom is -0.497 e. The topological polar surface area (TPSA) is 91.1 Å². The van der Waals surface area contributed by atoms with Crippen molar-refractivity contribution in [3.05, 3.63) is 53.8 Å². The first-order valence-electron chi connectivity index (χ1n) is 10.3. The van der Waals surface area contributed by atoms with E-state index in [1.54, 1.807) is 24.3 Å². The van der Waals surface area contributed by atoms with Crippen molar-refractivity contribution in [1.82, 2.24) is 4.90 Å². The smallest absolute Gasteiger partial charge is 0.261 e. The van der Waals surface area contributed by atoms with Crippen LogP contribution < -0.4 is 19.9 Å². The van der Waals surface area contributed by atoms with Gasteiger partial charge in [-0.05, 0) is 49.2 Å². The Morgan fingerprint density at radius 2 is 1.71 bits per heavy atom. The third-order valence-corrected chi connectivity index (χ3v) is 5.90. The molecule has 2 saturated heterocycles. The molecular formula is C23H25FN2O5. The van der Waals surface area contributed by atoms with Crippen LogP contribution in [0.3, 0.4) is 0 Å². The van der Waals surface area contributed by atoms with E-state index < -0.39 is 5.91 Å². The van der Waals surface area contributed by atoms with Crippen LogP contribution in [0.2, 0.25) is 0 Å². The molecule has 2 aromatic rings. The summed E-state index contributed by atoms with van der Waals surface area (Å²) in [6.45, 7) is -0.191. The molecule has 2 fully saturated rings. The Labute approximate surface area is 179 Å². The monoisotopic (exact) mass is 428 g/mol. The molecule has 164 valence electrons. The molecule has 2 aromatic carbocycles. The van der Waals surface area contributed by atoms with Crippen LogP contribution >= 0.6 is 0 Å². The van der Waals surface area contributed by atoms with Gasteiger partial charge < -0.3 is 24.8 Å². The fraction of sp³-hybridized carbons (Fsp3) is 0.391. The second-order valence-corrected chi connectivity index (χ2v) is 7.87. The van der Waals surface area contributed by atoms with E-state index in [0.717, 1.165) is 12.8 Å².